The summed E-state index contributed by atoms with van der Waals surface area (Å²) in [5, 5.41) is 22.6. The lowest BCUT2D eigenvalue weighted by Gasteiger charge is -2.05. The summed E-state index contributed by atoms with van der Waals surface area (Å²) in [6.07, 6.45) is 5.85. The van der Waals surface area contributed by atoms with Gasteiger partial charge in [0.1, 0.15) is 22.0 Å². The Morgan fingerprint density at radius 1 is 1.17 bits per heavy atom. The molecule has 5 rings (SSSR count). The van der Waals surface area contributed by atoms with Crippen LogP contribution in [-0.2, 0) is 4.79 Å². The Kier molecular flexibility index (Phi) is 4.30. The molecule has 0 saturated carbocycles. The Morgan fingerprint density at radius 3 is 3.03 bits per heavy atom. The molecule has 0 radical (unpaired) electrons. The molecular formula is C19H14N8OS. The van der Waals surface area contributed by atoms with Crippen molar-refractivity contribution >= 4 is 51.1 Å². The number of aromatic nitrogens is 5. The molecule has 0 spiro atoms. The summed E-state index contributed by atoms with van der Waals surface area (Å²) in [7, 11) is 0. The monoisotopic (exact) mass is 402 g/mol. The standard InChI is InChI=1S/C19H14N8OS/c28-17(14-5-2-8-20-14)22-12-4-1-3-11(9-12)18-26-27-19(29-18)24-16-7-6-13-15(23-16)10-21-25-13/h1,3-10H,2H2,(H,21,25)(H,22,28)(H,23,24,27). The SMILES string of the molecule is O=C(Nc1cccc(-c2nnc(Nc3ccc4[nH]ncc4n3)s2)c1)C1=CCC=N1. The molecule has 0 bridgehead atoms. The van der Waals surface area contributed by atoms with E-state index in [1.54, 1.807) is 18.5 Å². The van der Waals surface area contributed by atoms with E-state index >= 15 is 0 Å². The van der Waals surface area contributed by atoms with Gasteiger partial charge in [0.15, 0.2) is 0 Å². The smallest absolute Gasteiger partial charge is 0.273 e. The number of carbonyl (C=O) groups excluding carboxylic acids is 1. The highest BCUT2D eigenvalue weighted by atomic mass is 32.1. The number of carbonyl (C=O) groups is 1. The molecule has 3 N–H and O–H groups in total. The van der Waals surface area contributed by atoms with Gasteiger partial charge in [0, 0.05) is 23.9 Å². The van der Waals surface area contributed by atoms with Crippen LogP contribution in [0.25, 0.3) is 21.6 Å². The molecule has 3 aromatic heterocycles. The Hall–Kier alpha value is -3.92. The van der Waals surface area contributed by atoms with Crippen molar-refractivity contribution in [3.8, 4) is 10.6 Å². The minimum absolute atomic E-state index is 0.226. The van der Waals surface area contributed by atoms with E-state index in [0.29, 0.717) is 28.8 Å². The van der Waals surface area contributed by atoms with Crippen LogP contribution in [0.3, 0.4) is 0 Å². The maximum atomic E-state index is 12.2. The highest BCUT2D eigenvalue weighted by Crippen LogP contribution is 2.30. The number of hydrogen-bond acceptors (Lipinski definition) is 8. The lowest BCUT2D eigenvalue weighted by atomic mass is 10.2. The van der Waals surface area contributed by atoms with Crippen molar-refractivity contribution in [3.05, 3.63) is 54.4 Å². The second-order valence-electron chi connectivity index (χ2n) is 6.21. The maximum absolute atomic E-state index is 12.2. The molecule has 1 amide bonds. The maximum Gasteiger partial charge on any atom is 0.273 e. The quantitative estimate of drug-likeness (QED) is 0.470. The predicted octanol–water partition coefficient (Wildman–Crippen LogP) is 3.52. The highest BCUT2D eigenvalue weighted by Gasteiger charge is 2.13. The molecule has 0 aliphatic carbocycles. The van der Waals surface area contributed by atoms with Crippen LogP contribution in [-0.4, -0.2) is 37.5 Å². The number of anilines is 3. The van der Waals surface area contributed by atoms with Crippen LogP contribution in [0.2, 0.25) is 0 Å². The summed E-state index contributed by atoms with van der Waals surface area (Å²) < 4.78 is 0. The summed E-state index contributed by atoms with van der Waals surface area (Å²) in [6, 6.07) is 11.2. The number of aromatic amines is 1. The van der Waals surface area contributed by atoms with Gasteiger partial charge in [-0.2, -0.15) is 5.10 Å². The number of hydrogen-bond donors (Lipinski definition) is 3. The van der Waals surface area contributed by atoms with Crippen molar-refractivity contribution in [2.45, 2.75) is 6.42 Å². The number of aliphatic imine (C=N–C) groups is 1. The van der Waals surface area contributed by atoms with Gasteiger partial charge in [-0.25, -0.2) is 4.98 Å². The number of allylic oxidation sites excluding steroid dienone is 1. The van der Waals surface area contributed by atoms with Crippen LogP contribution < -0.4 is 10.6 Å². The topological polar surface area (TPSA) is 121 Å². The number of nitrogens with one attached hydrogen (secondary N) is 3. The molecule has 0 unspecified atom stereocenters. The van der Waals surface area contributed by atoms with Crippen molar-refractivity contribution in [1.82, 2.24) is 25.4 Å². The molecule has 29 heavy (non-hydrogen) atoms. The van der Waals surface area contributed by atoms with E-state index in [4.69, 9.17) is 0 Å². The number of benzene rings is 1. The lowest BCUT2D eigenvalue weighted by molar-refractivity contribution is -0.112. The zero-order chi connectivity index (χ0) is 19.6. The largest absolute Gasteiger partial charge is 0.321 e. The van der Waals surface area contributed by atoms with Crippen LogP contribution in [0.4, 0.5) is 16.6 Å². The summed E-state index contributed by atoms with van der Waals surface area (Å²) in [6.45, 7) is 0. The van der Waals surface area contributed by atoms with Crippen LogP contribution in [0.5, 0.6) is 0 Å². The molecule has 4 heterocycles. The minimum Gasteiger partial charge on any atom is -0.321 e. The van der Waals surface area contributed by atoms with Gasteiger partial charge in [-0.3, -0.25) is 14.9 Å². The fourth-order valence-electron chi connectivity index (χ4n) is 2.84. The highest BCUT2D eigenvalue weighted by molar-refractivity contribution is 7.18. The molecule has 0 atom stereocenters. The van der Waals surface area contributed by atoms with Gasteiger partial charge in [-0.05, 0) is 30.3 Å². The van der Waals surface area contributed by atoms with Gasteiger partial charge >= 0.3 is 0 Å². The van der Waals surface area contributed by atoms with Crippen molar-refractivity contribution in [1.29, 1.82) is 0 Å². The van der Waals surface area contributed by atoms with E-state index in [9.17, 15) is 4.79 Å². The molecule has 1 aliphatic rings. The van der Waals surface area contributed by atoms with Gasteiger partial charge in [0.25, 0.3) is 5.91 Å². The van der Waals surface area contributed by atoms with E-state index in [2.05, 4.69) is 41.0 Å². The van der Waals surface area contributed by atoms with Crippen LogP contribution in [0, 0.1) is 0 Å². The molecule has 1 aliphatic heterocycles. The van der Waals surface area contributed by atoms with Crippen molar-refractivity contribution in [2.75, 3.05) is 10.6 Å². The average Bonchev–Trinajstić information content (AvgIpc) is 3.49. The average molecular weight is 402 g/mol. The van der Waals surface area contributed by atoms with E-state index in [0.717, 1.165) is 21.6 Å². The summed E-state index contributed by atoms with van der Waals surface area (Å²) in [4.78, 5) is 20.7. The fourth-order valence-corrected chi connectivity index (χ4v) is 3.59. The Bertz CT molecular complexity index is 1270. The number of fused-ring (bicyclic) bond motifs is 1. The van der Waals surface area contributed by atoms with Crippen LogP contribution in [0.1, 0.15) is 6.42 Å². The molecule has 1 aromatic carbocycles. The zero-order valence-electron chi connectivity index (χ0n) is 15.0. The molecule has 4 aromatic rings. The third-order valence-electron chi connectivity index (χ3n) is 4.20. The normalized spacial score (nSPS) is 12.9. The number of nitrogens with zero attached hydrogens (tertiary/aromatic N) is 5. The van der Waals surface area contributed by atoms with Crippen molar-refractivity contribution in [2.24, 2.45) is 4.99 Å². The van der Waals surface area contributed by atoms with Gasteiger partial charge in [-0.1, -0.05) is 23.5 Å². The summed E-state index contributed by atoms with van der Waals surface area (Å²) >= 11 is 1.40. The lowest BCUT2D eigenvalue weighted by Crippen LogP contribution is -2.12. The molecule has 0 saturated heterocycles. The predicted molar refractivity (Wildman–Crippen MR) is 112 cm³/mol. The summed E-state index contributed by atoms with van der Waals surface area (Å²) in [5.41, 5.74) is 3.60. The third kappa shape index (κ3) is 3.60. The first-order valence-corrected chi connectivity index (χ1v) is 9.61. The van der Waals surface area contributed by atoms with E-state index in [1.807, 2.05) is 36.4 Å². The Labute approximate surface area is 168 Å². The molecule has 0 fully saturated rings. The number of rotatable bonds is 5. The number of amides is 1. The molecule has 10 heteroatoms. The van der Waals surface area contributed by atoms with Gasteiger partial charge in [0.2, 0.25) is 5.13 Å². The fraction of sp³-hybridized carbons (Fsp3) is 0.0526. The second kappa shape index (κ2) is 7.24. The van der Waals surface area contributed by atoms with Crippen molar-refractivity contribution < 1.29 is 4.79 Å². The Balaban J connectivity index is 1.33. The first-order valence-electron chi connectivity index (χ1n) is 8.80. The van der Waals surface area contributed by atoms with E-state index < -0.39 is 0 Å². The van der Waals surface area contributed by atoms with Crippen LogP contribution in [0.15, 0.2) is 59.4 Å². The Morgan fingerprint density at radius 2 is 2.14 bits per heavy atom. The first-order chi connectivity index (χ1) is 14.2. The molecule has 142 valence electrons. The van der Waals surface area contributed by atoms with Crippen LogP contribution >= 0.6 is 11.3 Å². The number of pyridine rings is 1. The third-order valence-corrected chi connectivity index (χ3v) is 5.09. The van der Waals surface area contributed by atoms with Gasteiger partial charge < -0.3 is 10.6 Å². The van der Waals surface area contributed by atoms with E-state index in [-0.39, 0.29) is 5.91 Å². The second-order valence-corrected chi connectivity index (χ2v) is 7.19. The zero-order valence-corrected chi connectivity index (χ0v) is 15.8. The first kappa shape index (κ1) is 17.2. The summed E-state index contributed by atoms with van der Waals surface area (Å²) in [5.74, 6) is 0.434. The molecule has 9 nitrogen and oxygen atoms in total. The number of H-pyrrole nitrogens is 1. The van der Waals surface area contributed by atoms with Gasteiger partial charge in [0.05, 0.1) is 11.7 Å². The minimum atomic E-state index is -0.226. The van der Waals surface area contributed by atoms with Crippen molar-refractivity contribution in [3.63, 3.8) is 0 Å². The van der Waals surface area contributed by atoms with E-state index in [1.165, 1.54) is 11.3 Å². The molecular weight excluding hydrogens is 388 g/mol. The van der Waals surface area contributed by atoms with Gasteiger partial charge in [-0.15, -0.1) is 10.2 Å².